The number of hydrogen-bond donors (Lipinski definition) is 1. The third-order valence-corrected chi connectivity index (χ3v) is 6.09. The van der Waals surface area contributed by atoms with Crippen molar-refractivity contribution >= 4 is 22.8 Å². The van der Waals surface area contributed by atoms with Crippen LogP contribution in [0.5, 0.6) is 5.75 Å². The number of amides is 2. The average Bonchev–Trinajstić information content (AvgIpc) is 2.82. The van der Waals surface area contributed by atoms with Crippen molar-refractivity contribution < 1.29 is 23.5 Å². The monoisotopic (exact) mass is 434 g/mol. The van der Waals surface area contributed by atoms with Crippen LogP contribution in [-0.2, 0) is 19.9 Å². The van der Waals surface area contributed by atoms with E-state index in [2.05, 4.69) is 5.32 Å². The van der Waals surface area contributed by atoms with Crippen LogP contribution < -0.4 is 15.7 Å². The minimum atomic E-state index is -0.649. The first-order valence-corrected chi connectivity index (χ1v) is 10.5. The molecule has 8 nitrogen and oxygen atoms in total. The van der Waals surface area contributed by atoms with Crippen molar-refractivity contribution in [1.29, 1.82) is 0 Å². The lowest BCUT2D eigenvalue weighted by molar-refractivity contribution is -0.158. The lowest BCUT2D eigenvalue weighted by Crippen LogP contribution is -2.67. The van der Waals surface area contributed by atoms with E-state index in [1.807, 2.05) is 30.3 Å². The van der Waals surface area contributed by atoms with E-state index in [0.29, 0.717) is 30.8 Å². The summed E-state index contributed by atoms with van der Waals surface area (Å²) in [7, 11) is 0. The van der Waals surface area contributed by atoms with Crippen LogP contribution in [0, 0.1) is 0 Å². The number of carbonyl (C=O) groups excluding carboxylic acids is 2. The number of benzene rings is 2. The Bertz CT molecular complexity index is 1220. The molecule has 0 unspecified atom stereocenters. The van der Waals surface area contributed by atoms with Gasteiger partial charge in [0.2, 0.25) is 5.91 Å². The number of likely N-dealkylation sites (tertiary alicyclic amines) is 1. The van der Waals surface area contributed by atoms with Gasteiger partial charge in [-0.25, -0.2) is 4.79 Å². The molecule has 0 saturated carbocycles. The minimum Gasteiger partial charge on any atom is -0.484 e. The molecule has 2 fully saturated rings. The van der Waals surface area contributed by atoms with E-state index < -0.39 is 11.2 Å². The van der Waals surface area contributed by atoms with Crippen LogP contribution >= 0.6 is 0 Å². The van der Waals surface area contributed by atoms with Gasteiger partial charge in [0.15, 0.2) is 6.61 Å². The van der Waals surface area contributed by atoms with E-state index in [4.69, 9.17) is 13.9 Å². The average molecular weight is 434 g/mol. The number of hydrogen-bond acceptors (Lipinski definition) is 6. The molecule has 2 amide bonds. The Labute approximate surface area is 183 Å². The molecule has 8 heteroatoms. The number of piperidine rings is 1. The van der Waals surface area contributed by atoms with Gasteiger partial charge in [-0.15, -0.1) is 0 Å². The molecule has 1 N–H and O–H groups in total. The molecule has 2 atom stereocenters. The molecule has 0 radical (unpaired) electrons. The molecule has 5 rings (SSSR count). The van der Waals surface area contributed by atoms with Gasteiger partial charge in [-0.3, -0.25) is 9.59 Å². The van der Waals surface area contributed by atoms with E-state index in [9.17, 15) is 14.4 Å². The molecule has 0 bridgehead atoms. The fraction of sp³-hybridized carbons (Fsp3) is 0.292. The Morgan fingerprint density at radius 1 is 1.12 bits per heavy atom. The third kappa shape index (κ3) is 3.73. The molecular weight excluding hydrogens is 412 g/mol. The molecule has 2 aliphatic heterocycles. The van der Waals surface area contributed by atoms with E-state index >= 15 is 0 Å². The largest absolute Gasteiger partial charge is 0.484 e. The molecule has 0 aliphatic carbocycles. The maximum absolute atomic E-state index is 12.9. The lowest BCUT2D eigenvalue weighted by atomic mass is 9.77. The second-order valence-corrected chi connectivity index (χ2v) is 8.02. The Kier molecular flexibility index (Phi) is 5.14. The molecule has 32 heavy (non-hydrogen) atoms. The van der Waals surface area contributed by atoms with E-state index in [1.54, 1.807) is 29.2 Å². The van der Waals surface area contributed by atoms with Crippen molar-refractivity contribution in [3.63, 3.8) is 0 Å². The number of fused-ring (bicyclic) bond motifs is 2. The van der Waals surface area contributed by atoms with E-state index in [-0.39, 0.29) is 31.1 Å². The molecule has 2 aliphatic rings. The Morgan fingerprint density at radius 2 is 1.94 bits per heavy atom. The first-order chi connectivity index (χ1) is 15.5. The van der Waals surface area contributed by atoms with Crippen LogP contribution in [0.25, 0.3) is 11.0 Å². The fourth-order valence-electron chi connectivity index (χ4n) is 4.45. The van der Waals surface area contributed by atoms with Gasteiger partial charge in [0, 0.05) is 30.6 Å². The summed E-state index contributed by atoms with van der Waals surface area (Å²) in [6.45, 7) is 0.633. The van der Waals surface area contributed by atoms with Crippen LogP contribution in [-0.4, -0.2) is 49.1 Å². The maximum Gasteiger partial charge on any atom is 0.336 e. The van der Waals surface area contributed by atoms with Crippen LogP contribution in [0.4, 0.5) is 0 Å². The first-order valence-electron chi connectivity index (χ1n) is 10.5. The van der Waals surface area contributed by atoms with Gasteiger partial charge in [-0.2, -0.15) is 0 Å². The lowest BCUT2D eigenvalue weighted by Gasteiger charge is -2.50. The van der Waals surface area contributed by atoms with Crippen LogP contribution in [0.15, 0.2) is 69.9 Å². The number of rotatable bonds is 4. The first kappa shape index (κ1) is 20.3. The summed E-state index contributed by atoms with van der Waals surface area (Å²) in [5, 5.41) is 3.89. The van der Waals surface area contributed by atoms with Gasteiger partial charge in [-0.1, -0.05) is 30.3 Å². The summed E-state index contributed by atoms with van der Waals surface area (Å²) in [5.74, 6) is 0.106. The van der Waals surface area contributed by atoms with Gasteiger partial charge >= 0.3 is 5.63 Å². The molecule has 2 saturated heterocycles. The van der Waals surface area contributed by atoms with Crippen LogP contribution in [0.2, 0.25) is 0 Å². The quantitative estimate of drug-likeness (QED) is 0.629. The molecule has 0 spiro atoms. The summed E-state index contributed by atoms with van der Waals surface area (Å²) in [5.41, 5.74) is 0.281. The SMILES string of the molecule is O=C1CO[C@H]2CN(C(=O)COc3ccc4ccc(=O)oc4c3)CC[C@]2(c2ccccc2)N1. The number of ether oxygens (including phenoxy) is 2. The summed E-state index contributed by atoms with van der Waals surface area (Å²) in [6.07, 6.45) is 0.190. The molecular formula is C24H22N2O6. The smallest absolute Gasteiger partial charge is 0.336 e. The van der Waals surface area contributed by atoms with Gasteiger partial charge in [0.05, 0.1) is 5.54 Å². The fourth-order valence-corrected chi connectivity index (χ4v) is 4.45. The molecule has 3 heterocycles. The minimum absolute atomic E-state index is 0.0277. The van der Waals surface area contributed by atoms with Crippen molar-refractivity contribution in [3.05, 3.63) is 76.6 Å². The summed E-state index contributed by atoms with van der Waals surface area (Å²) in [4.78, 5) is 38.1. The third-order valence-electron chi connectivity index (χ3n) is 6.09. The number of morpholine rings is 1. The highest BCUT2D eigenvalue weighted by Crippen LogP contribution is 2.37. The topological polar surface area (TPSA) is 98.1 Å². The van der Waals surface area contributed by atoms with Crippen LogP contribution in [0.1, 0.15) is 12.0 Å². The van der Waals surface area contributed by atoms with Crippen molar-refractivity contribution in [2.75, 3.05) is 26.3 Å². The van der Waals surface area contributed by atoms with Gasteiger partial charge in [0.25, 0.3) is 5.91 Å². The Morgan fingerprint density at radius 3 is 2.78 bits per heavy atom. The second kappa shape index (κ2) is 8.12. The van der Waals surface area contributed by atoms with Gasteiger partial charge in [0.1, 0.15) is 24.0 Å². The Balaban J connectivity index is 1.28. The number of carbonyl (C=O) groups is 2. The summed E-state index contributed by atoms with van der Waals surface area (Å²) in [6, 6.07) is 17.9. The number of nitrogens with zero attached hydrogens (tertiary/aromatic N) is 1. The highest BCUT2D eigenvalue weighted by molar-refractivity contribution is 5.81. The summed E-state index contributed by atoms with van der Waals surface area (Å²) < 4.78 is 16.7. The molecule has 3 aromatic rings. The predicted molar refractivity (Wildman–Crippen MR) is 115 cm³/mol. The van der Waals surface area contributed by atoms with Gasteiger partial charge in [-0.05, 0) is 30.2 Å². The molecule has 164 valence electrons. The highest BCUT2D eigenvalue weighted by Gasteiger charge is 2.49. The Hall–Kier alpha value is -3.65. The normalized spacial score (nSPS) is 22.8. The molecule has 2 aromatic carbocycles. The zero-order chi connectivity index (χ0) is 22.1. The zero-order valence-electron chi connectivity index (χ0n) is 17.3. The number of nitrogens with one attached hydrogen (secondary N) is 1. The standard InChI is InChI=1S/C24H22N2O6/c27-21-14-31-20-13-26(11-10-24(20,25-21)17-4-2-1-3-5-17)22(28)15-30-18-8-6-16-7-9-23(29)32-19(16)12-18/h1-9,12,20H,10-11,13-15H2,(H,25,27)/t20-,24+/m0/s1. The summed E-state index contributed by atoms with van der Waals surface area (Å²) >= 11 is 0. The van der Waals surface area contributed by atoms with Crippen molar-refractivity contribution in [1.82, 2.24) is 10.2 Å². The second-order valence-electron chi connectivity index (χ2n) is 8.02. The molecule has 1 aromatic heterocycles. The van der Waals surface area contributed by atoms with E-state index in [0.717, 1.165) is 10.9 Å². The maximum atomic E-state index is 12.9. The van der Waals surface area contributed by atoms with Crippen molar-refractivity contribution in [3.8, 4) is 5.75 Å². The van der Waals surface area contributed by atoms with Crippen molar-refractivity contribution in [2.45, 2.75) is 18.1 Å². The predicted octanol–water partition coefficient (Wildman–Crippen LogP) is 1.81. The van der Waals surface area contributed by atoms with E-state index in [1.165, 1.54) is 6.07 Å². The van der Waals surface area contributed by atoms with Crippen molar-refractivity contribution in [2.24, 2.45) is 0 Å². The van der Waals surface area contributed by atoms with Crippen LogP contribution in [0.3, 0.4) is 0 Å². The zero-order valence-corrected chi connectivity index (χ0v) is 17.3. The highest BCUT2D eigenvalue weighted by atomic mass is 16.5. The van der Waals surface area contributed by atoms with Gasteiger partial charge < -0.3 is 24.1 Å².